The SMILES string of the molecule is c1ccc(-c2ccc(-c3nc(-n4c5ccc(-c6ccccc6)cc5c5c6c7ccccc7n7c8ccc(-c9ccccc9)cc8c(cc54)c67)nc4ccccc34)cc2)cc1. The second kappa shape index (κ2) is 12.7. The van der Waals surface area contributed by atoms with Gasteiger partial charge in [-0.1, -0.05) is 164 Å². The zero-order valence-electron chi connectivity index (χ0n) is 32.4. The molecule has 4 nitrogen and oxygen atoms in total. The number of benzene rings is 9. The van der Waals surface area contributed by atoms with Gasteiger partial charge in [0.15, 0.2) is 0 Å². The van der Waals surface area contributed by atoms with Gasteiger partial charge in [0.1, 0.15) is 0 Å². The molecule has 0 amide bonds. The van der Waals surface area contributed by atoms with Gasteiger partial charge in [0, 0.05) is 43.3 Å². The van der Waals surface area contributed by atoms with Crippen molar-refractivity contribution >= 4 is 70.8 Å². The van der Waals surface area contributed by atoms with Crippen molar-refractivity contribution in [3.63, 3.8) is 0 Å². The molecule has 0 atom stereocenters. The lowest BCUT2D eigenvalue weighted by atomic mass is 9.98. The first-order valence-corrected chi connectivity index (χ1v) is 20.5. The molecule has 0 aliphatic carbocycles. The zero-order chi connectivity index (χ0) is 39.3. The van der Waals surface area contributed by atoms with Crippen LogP contribution in [0.4, 0.5) is 0 Å². The molecule has 0 saturated heterocycles. The van der Waals surface area contributed by atoms with Crippen LogP contribution in [0.15, 0.2) is 206 Å². The van der Waals surface area contributed by atoms with E-state index < -0.39 is 0 Å². The van der Waals surface area contributed by atoms with Crippen LogP contribution in [0.25, 0.3) is 121 Å². The maximum Gasteiger partial charge on any atom is 0.235 e. The highest BCUT2D eigenvalue weighted by atomic mass is 15.2. The van der Waals surface area contributed by atoms with Gasteiger partial charge in [-0.15, -0.1) is 0 Å². The molecule has 0 radical (unpaired) electrons. The highest BCUT2D eigenvalue weighted by molar-refractivity contribution is 6.36. The standard InChI is InChI=1S/C56H34N4/c1-4-14-35(15-5-1)38-24-26-39(27-25-38)54-42-20-10-12-22-47(42)57-56(58-54)60-50-31-29-41(37-18-8-3-9-19-37)33-46(50)52-51(60)34-45-44-32-40(36-16-6-2-7-17-36)28-30-49(44)59-48-23-13-11-21-43(48)53(52)55(45)59/h1-34H. The summed E-state index contributed by atoms with van der Waals surface area (Å²) < 4.78 is 4.80. The third-order valence-electron chi connectivity index (χ3n) is 12.5. The van der Waals surface area contributed by atoms with Crippen molar-refractivity contribution < 1.29 is 0 Å². The molecule has 0 fully saturated rings. The molecule has 278 valence electrons. The Morgan fingerprint density at radius 1 is 0.300 bits per heavy atom. The van der Waals surface area contributed by atoms with E-state index in [4.69, 9.17) is 9.97 Å². The summed E-state index contributed by atoms with van der Waals surface area (Å²) in [6, 6.07) is 74.2. The molecule has 4 aromatic heterocycles. The normalized spacial score (nSPS) is 12.0. The number of nitrogens with zero attached hydrogens (tertiary/aromatic N) is 4. The van der Waals surface area contributed by atoms with E-state index in [9.17, 15) is 0 Å². The van der Waals surface area contributed by atoms with Gasteiger partial charge in [0.05, 0.1) is 38.8 Å². The minimum Gasteiger partial charge on any atom is -0.308 e. The van der Waals surface area contributed by atoms with E-state index in [0.717, 1.165) is 33.2 Å². The summed E-state index contributed by atoms with van der Waals surface area (Å²) in [6.45, 7) is 0. The molecular weight excluding hydrogens is 729 g/mol. The number of rotatable bonds is 5. The summed E-state index contributed by atoms with van der Waals surface area (Å²) in [7, 11) is 0. The fraction of sp³-hybridized carbons (Fsp3) is 0. The Bertz CT molecular complexity index is 3790. The molecule has 0 N–H and O–H groups in total. The topological polar surface area (TPSA) is 35.1 Å². The Hall–Kier alpha value is -8.08. The first-order chi connectivity index (χ1) is 29.8. The van der Waals surface area contributed by atoms with E-state index in [1.54, 1.807) is 0 Å². The van der Waals surface area contributed by atoms with Gasteiger partial charge >= 0.3 is 0 Å². The molecule has 0 spiro atoms. The van der Waals surface area contributed by atoms with Gasteiger partial charge in [0.2, 0.25) is 5.95 Å². The lowest BCUT2D eigenvalue weighted by Gasteiger charge is -2.12. The van der Waals surface area contributed by atoms with Crippen molar-refractivity contribution in [1.82, 2.24) is 18.9 Å². The van der Waals surface area contributed by atoms with Crippen molar-refractivity contribution in [2.75, 3.05) is 0 Å². The van der Waals surface area contributed by atoms with E-state index in [1.165, 1.54) is 82.2 Å². The Kier molecular flexibility index (Phi) is 6.98. The van der Waals surface area contributed by atoms with E-state index in [2.05, 4.69) is 215 Å². The van der Waals surface area contributed by atoms with Crippen LogP contribution >= 0.6 is 0 Å². The third kappa shape index (κ3) is 4.79. The molecule has 0 bridgehead atoms. The Morgan fingerprint density at radius 3 is 1.52 bits per heavy atom. The predicted molar refractivity (Wildman–Crippen MR) is 250 cm³/mol. The average molecular weight is 763 g/mol. The number of fused-ring (bicyclic) bond motifs is 11. The van der Waals surface area contributed by atoms with Crippen LogP contribution in [0.1, 0.15) is 0 Å². The van der Waals surface area contributed by atoms with Crippen LogP contribution in [0.5, 0.6) is 0 Å². The Morgan fingerprint density at radius 2 is 0.817 bits per heavy atom. The molecule has 0 aliphatic heterocycles. The smallest absolute Gasteiger partial charge is 0.235 e. The molecular formula is C56H34N4. The van der Waals surface area contributed by atoms with Gasteiger partial charge in [-0.25, -0.2) is 9.97 Å². The minimum absolute atomic E-state index is 0.648. The molecule has 0 saturated carbocycles. The number of para-hydroxylation sites is 2. The largest absolute Gasteiger partial charge is 0.308 e. The molecule has 13 aromatic rings. The molecule has 4 heteroatoms. The van der Waals surface area contributed by atoms with Crippen LogP contribution < -0.4 is 0 Å². The van der Waals surface area contributed by atoms with Crippen LogP contribution in [0.2, 0.25) is 0 Å². The van der Waals surface area contributed by atoms with Crippen molar-refractivity contribution in [2.24, 2.45) is 0 Å². The quantitative estimate of drug-likeness (QED) is 0.175. The summed E-state index contributed by atoms with van der Waals surface area (Å²) in [6.07, 6.45) is 0. The van der Waals surface area contributed by atoms with Crippen molar-refractivity contribution in [3.05, 3.63) is 206 Å². The lowest BCUT2D eigenvalue weighted by molar-refractivity contribution is 1.01. The maximum absolute atomic E-state index is 5.54. The molecule has 0 aliphatic rings. The van der Waals surface area contributed by atoms with Gasteiger partial charge in [-0.05, 0) is 75.8 Å². The van der Waals surface area contributed by atoms with Gasteiger partial charge < -0.3 is 4.40 Å². The fourth-order valence-corrected chi connectivity index (χ4v) is 9.74. The third-order valence-corrected chi connectivity index (χ3v) is 12.5. The Labute approximate surface area is 345 Å². The molecule has 0 unspecified atom stereocenters. The van der Waals surface area contributed by atoms with Crippen molar-refractivity contribution in [1.29, 1.82) is 0 Å². The van der Waals surface area contributed by atoms with Gasteiger partial charge in [-0.3, -0.25) is 4.57 Å². The number of aromatic nitrogens is 4. The molecule has 60 heavy (non-hydrogen) atoms. The first-order valence-electron chi connectivity index (χ1n) is 20.5. The number of hydrogen-bond donors (Lipinski definition) is 0. The second-order valence-corrected chi connectivity index (χ2v) is 15.8. The van der Waals surface area contributed by atoms with Crippen LogP contribution in [0.3, 0.4) is 0 Å². The lowest BCUT2D eigenvalue weighted by Crippen LogP contribution is -2.03. The molecule has 9 aromatic carbocycles. The average Bonchev–Trinajstić information content (AvgIpc) is 3.96. The second-order valence-electron chi connectivity index (χ2n) is 15.8. The monoisotopic (exact) mass is 762 g/mol. The molecule has 4 heterocycles. The van der Waals surface area contributed by atoms with E-state index >= 15 is 0 Å². The van der Waals surface area contributed by atoms with Gasteiger partial charge in [-0.2, -0.15) is 0 Å². The Balaban J connectivity index is 1.16. The summed E-state index contributed by atoms with van der Waals surface area (Å²) in [5, 5.41) is 8.33. The summed E-state index contributed by atoms with van der Waals surface area (Å²) in [5.41, 5.74) is 15.8. The first kappa shape index (κ1) is 32.9. The van der Waals surface area contributed by atoms with E-state index in [1.807, 2.05) is 0 Å². The fourth-order valence-electron chi connectivity index (χ4n) is 9.74. The highest BCUT2D eigenvalue weighted by Crippen LogP contribution is 2.48. The van der Waals surface area contributed by atoms with E-state index in [-0.39, 0.29) is 0 Å². The maximum atomic E-state index is 5.54. The van der Waals surface area contributed by atoms with Gasteiger partial charge in [0.25, 0.3) is 0 Å². The summed E-state index contributed by atoms with van der Waals surface area (Å²) in [5.74, 6) is 0.648. The van der Waals surface area contributed by atoms with Crippen molar-refractivity contribution in [3.8, 4) is 50.6 Å². The summed E-state index contributed by atoms with van der Waals surface area (Å²) in [4.78, 5) is 10.9. The minimum atomic E-state index is 0.648. The predicted octanol–water partition coefficient (Wildman–Crippen LogP) is 14.5. The van der Waals surface area contributed by atoms with Crippen LogP contribution in [0, 0.1) is 0 Å². The van der Waals surface area contributed by atoms with E-state index in [0.29, 0.717) is 5.95 Å². The summed E-state index contributed by atoms with van der Waals surface area (Å²) >= 11 is 0. The highest BCUT2D eigenvalue weighted by Gasteiger charge is 2.26. The zero-order valence-corrected chi connectivity index (χ0v) is 32.4. The van der Waals surface area contributed by atoms with Crippen LogP contribution in [-0.4, -0.2) is 18.9 Å². The van der Waals surface area contributed by atoms with Crippen molar-refractivity contribution in [2.45, 2.75) is 0 Å². The molecule has 13 rings (SSSR count). The number of hydrogen-bond acceptors (Lipinski definition) is 2. The van der Waals surface area contributed by atoms with Crippen LogP contribution in [-0.2, 0) is 0 Å².